The molecule has 1 N–H and O–H groups in total. The number of hydrogen-bond acceptors (Lipinski definition) is 3. The number of halogens is 2. The largest absolute Gasteiger partial charge is 0.385 e. The van der Waals surface area contributed by atoms with Gasteiger partial charge in [-0.05, 0) is 43.9 Å². The normalized spacial score (nSPS) is 15.7. The number of ether oxygens (including phenoxy) is 2. The van der Waals surface area contributed by atoms with E-state index in [0.29, 0.717) is 12.6 Å². The third-order valence-corrected chi connectivity index (χ3v) is 4.25. The lowest BCUT2D eigenvalue weighted by Gasteiger charge is -2.34. The minimum Gasteiger partial charge on any atom is -0.385 e. The highest BCUT2D eigenvalue weighted by molar-refractivity contribution is 14.0. The number of likely N-dealkylation sites (tertiary alicyclic amines) is 1. The van der Waals surface area contributed by atoms with Gasteiger partial charge in [-0.25, -0.2) is 9.38 Å². The fourth-order valence-corrected chi connectivity index (χ4v) is 2.87. The number of aliphatic imine (C=N–C) groups is 1. The summed E-state index contributed by atoms with van der Waals surface area (Å²) in [5, 5.41) is 3.35. The molecule has 1 saturated heterocycles. The van der Waals surface area contributed by atoms with Crippen molar-refractivity contribution in [3.63, 3.8) is 0 Å². The Morgan fingerprint density at radius 3 is 2.54 bits per heavy atom. The molecule has 0 spiro atoms. The maximum atomic E-state index is 13.0. The zero-order valence-electron chi connectivity index (χ0n) is 15.7. The van der Waals surface area contributed by atoms with Gasteiger partial charge in [0, 0.05) is 40.0 Å². The standard InChI is InChI=1S/C19H30FN3O2.HI/c1-3-21-19(22-15-16-5-7-17(20)8-6-16)23-11-9-18(10-12-23)25-14-4-13-24-2;/h5-8,18H,3-4,9-15H2,1-2H3,(H,21,22);1H. The van der Waals surface area contributed by atoms with Gasteiger partial charge in [0.15, 0.2) is 5.96 Å². The van der Waals surface area contributed by atoms with Crippen molar-refractivity contribution >= 4 is 29.9 Å². The van der Waals surface area contributed by atoms with Crippen LogP contribution in [0, 0.1) is 5.82 Å². The van der Waals surface area contributed by atoms with Gasteiger partial charge in [0.2, 0.25) is 0 Å². The van der Waals surface area contributed by atoms with Gasteiger partial charge < -0.3 is 19.7 Å². The monoisotopic (exact) mass is 479 g/mol. The molecule has 1 fully saturated rings. The van der Waals surface area contributed by atoms with E-state index in [-0.39, 0.29) is 29.8 Å². The number of piperidine rings is 1. The van der Waals surface area contributed by atoms with Crippen molar-refractivity contribution < 1.29 is 13.9 Å². The molecule has 1 aliphatic heterocycles. The van der Waals surface area contributed by atoms with Crippen molar-refractivity contribution in [2.75, 3.05) is 40.0 Å². The van der Waals surface area contributed by atoms with E-state index >= 15 is 0 Å². The van der Waals surface area contributed by atoms with Gasteiger partial charge in [-0.1, -0.05) is 12.1 Å². The first-order valence-electron chi connectivity index (χ1n) is 9.11. The molecule has 7 heteroatoms. The van der Waals surface area contributed by atoms with Crippen molar-refractivity contribution in [3.05, 3.63) is 35.6 Å². The number of benzene rings is 1. The average molecular weight is 479 g/mol. The van der Waals surface area contributed by atoms with E-state index in [1.807, 2.05) is 0 Å². The van der Waals surface area contributed by atoms with Crippen LogP contribution in [0.2, 0.25) is 0 Å². The highest BCUT2D eigenvalue weighted by Crippen LogP contribution is 2.14. The van der Waals surface area contributed by atoms with Gasteiger partial charge in [0.25, 0.3) is 0 Å². The molecule has 1 aromatic carbocycles. The van der Waals surface area contributed by atoms with Crippen LogP contribution in [-0.2, 0) is 16.0 Å². The lowest BCUT2D eigenvalue weighted by atomic mass is 10.1. The molecule has 0 radical (unpaired) electrons. The van der Waals surface area contributed by atoms with E-state index in [1.54, 1.807) is 19.2 Å². The summed E-state index contributed by atoms with van der Waals surface area (Å²) in [4.78, 5) is 6.98. The number of hydrogen-bond donors (Lipinski definition) is 1. The third kappa shape index (κ3) is 8.18. The minimum atomic E-state index is -0.216. The fourth-order valence-electron chi connectivity index (χ4n) is 2.87. The molecule has 5 nitrogen and oxygen atoms in total. The number of nitrogens with zero attached hydrogens (tertiary/aromatic N) is 2. The lowest BCUT2D eigenvalue weighted by Crippen LogP contribution is -2.47. The topological polar surface area (TPSA) is 46.1 Å². The van der Waals surface area contributed by atoms with Crippen molar-refractivity contribution in [1.29, 1.82) is 0 Å². The van der Waals surface area contributed by atoms with Crippen LogP contribution in [0.15, 0.2) is 29.3 Å². The third-order valence-electron chi connectivity index (χ3n) is 4.25. The average Bonchev–Trinajstić information content (AvgIpc) is 2.64. The molecule has 26 heavy (non-hydrogen) atoms. The van der Waals surface area contributed by atoms with E-state index in [1.165, 1.54) is 12.1 Å². The summed E-state index contributed by atoms with van der Waals surface area (Å²) in [7, 11) is 1.71. The van der Waals surface area contributed by atoms with Crippen LogP contribution in [0.4, 0.5) is 4.39 Å². The first-order valence-corrected chi connectivity index (χ1v) is 9.11. The highest BCUT2D eigenvalue weighted by Gasteiger charge is 2.21. The van der Waals surface area contributed by atoms with Crippen LogP contribution in [0.3, 0.4) is 0 Å². The van der Waals surface area contributed by atoms with Gasteiger partial charge in [-0.15, -0.1) is 24.0 Å². The molecule has 0 amide bonds. The Kier molecular flexibility index (Phi) is 11.8. The molecule has 1 aromatic rings. The second-order valence-electron chi connectivity index (χ2n) is 6.20. The van der Waals surface area contributed by atoms with E-state index < -0.39 is 0 Å². The van der Waals surface area contributed by atoms with Crippen molar-refractivity contribution in [3.8, 4) is 0 Å². The smallest absolute Gasteiger partial charge is 0.194 e. The predicted molar refractivity (Wildman–Crippen MR) is 114 cm³/mol. The molecular weight excluding hydrogens is 448 g/mol. The van der Waals surface area contributed by atoms with E-state index in [0.717, 1.165) is 63.6 Å². The Bertz CT molecular complexity index is 520. The molecule has 0 atom stereocenters. The molecule has 148 valence electrons. The second kappa shape index (κ2) is 13.3. The molecule has 0 saturated carbocycles. The number of methoxy groups -OCH3 is 1. The molecule has 1 aliphatic rings. The quantitative estimate of drug-likeness (QED) is 0.269. The summed E-state index contributed by atoms with van der Waals surface area (Å²) in [6, 6.07) is 6.51. The van der Waals surface area contributed by atoms with Crippen LogP contribution in [0.5, 0.6) is 0 Å². The molecule has 1 heterocycles. The first-order chi connectivity index (χ1) is 12.2. The van der Waals surface area contributed by atoms with Crippen LogP contribution in [0.1, 0.15) is 31.7 Å². The summed E-state index contributed by atoms with van der Waals surface area (Å²) >= 11 is 0. The summed E-state index contributed by atoms with van der Waals surface area (Å²) < 4.78 is 23.9. The van der Waals surface area contributed by atoms with Crippen LogP contribution in [-0.4, -0.2) is 56.9 Å². The minimum absolute atomic E-state index is 0. The van der Waals surface area contributed by atoms with Crippen molar-refractivity contribution in [2.24, 2.45) is 4.99 Å². The molecule has 0 bridgehead atoms. The Hall–Kier alpha value is -0.930. The fraction of sp³-hybridized carbons (Fsp3) is 0.632. The van der Waals surface area contributed by atoms with Crippen LogP contribution < -0.4 is 5.32 Å². The maximum absolute atomic E-state index is 13.0. The lowest BCUT2D eigenvalue weighted by molar-refractivity contribution is 0.00990. The van der Waals surface area contributed by atoms with E-state index in [4.69, 9.17) is 14.5 Å². The number of rotatable bonds is 8. The number of nitrogens with one attached hydrogen (secondary N) is 1. The van der Waals surface area contributed by atoms with Gasteiger partial charge in [-0.2, -0.15) is 0 Å². The first kappa shape index (κ1) is 23.1. The molecule has 0 aromatic heterocycles. The Morgan fingerprint density at radius 1 is 1.23 bits per heavy atom. The molecular formula is C19H31FIN3O2. The zero-order valence-corrected chi connectivity index (χ0v) is 18.1. The van der Waals surface area contributed by atoms with E-state index in [9.17, 15) is 4.39 Å². The number of guanidine groups is 1. The van der Waals surface area contributed by atoms with Gasteiger partial charge in [-0.3, -0.25) is 0 Å². The highest BCUT2D eigenvalue weighted by atomic mass is 127. The van der Waals surface area contributed by atoms with E-state index in [2.05, 4.69) is 17.1 Å². The summed E-state index contributed by atoms with van der Waals surface area (Å²) in [6.07, 6.45) is 3.29. The Balaban J connectivity index is 0.00000338. The Morgan fingerprint density at radius 2 is 1.92 bits per heavy atom. The predicted octanol–water partition coefficient (Wildman–Crippen LogP) is 3.43. The molecule has 2 rings (SSSR count). The summed E-state index contributed by atoms with van der Waals surface area (Å²) in [5.41, 5.74) is 1.01. The Labute approximate surface area is 173 Å². The zero-order chi connectivity index (χ0) is 17.9. The second-order valence-corrected chi connectivity index (χ2v) is 6.20. The van der Waals surface area contributed by atoms with Crippen molar-refractivity contribution in [1.82, 2.24) is 10.2 Å². The summed E-state index contributed by atoms with van der Waals surface area (Å²) in [5.74, 6) is 0.705. The maximum Gasteiger partial charge on any atom is 0.194 e. The SMILES string of the molecule is CCNC(=NCc1ccc(F)cc1)N1CCC(OCCCOC)CC1.I. The van der Waals surface area contributed by atoms with Crippen LogP contribution in [0.25, 0.3) is 0 Å². The molecule has 0 aliphatic carbocycles. The van der Waals surface area contributed by atoms with Gasteiger partial charge >= 0.3 is 0 Å². The van der Waals surface area contributed by atoms with Crippen molar-refractivity contribution in [2.45, 2.75) is 38.8 Å². The van der Waals surface area contributed by atoms with Gasteiger partial charge in [0.1, 0.15) is 5.82 Å². The van der Waals surface area contributed by atoms with Gasteiger partial charge in [0.05, 0.1) is 12.6 Å². The summed E-state index contributed by atoms with van der Waals surface area (Å²) in [6.45, 7) is 6.83. The molecule has 0 unspecified atom stereocenters. The van der Waals surface area contributed by atoms with Crippen LogP contribution >= 0.6 is 24.0 Å².